The van der Waals surface area contributed by atoms with Crippen molar-refractivity contribution in [3.8, 4) is 0 Å². The number of hydrogen-bond acceptors (Lipinski definition) is 3. The van der Waals surface area contributed by atoms with E-state index in [9.17, 15) is 9.18 Å². The van der Waals surface area contributed by atoms with Crippen LogP contribution in [0.25, 0.3) is 0 Å². The number of H-pyrrole nitrogens is 1. The Morgan fingerprint density at radius 2 is 2.24 bits per heavy atom. The first-order chi connectivity index (χ1) is 8.08. The molecule has 0 unspecified atom stereocenters. The number of rotatable bonds is 2. The summed E-state index contributed by atoms with van der Waals surface area (Å²) < 4.78 is 13.4. The van der Waals surface area contributed by atoms with Crippen LogP contribution < -0.4 is 10.9 Å². The number of hydrogen-bond donors (Lipinski definition) is 2. The minimum absolute atomic E-state index is 0.00912. The zero-order valence-corrected chi connectivity index (χ0v) is 11.2. The average Bonchev–Trinajstić information content (AvgIpc) is 2.30. The zero-order chi connectivity index (χ0) is 12.4. The summed E-state index contributed by atoms with van der Waals surface area (Å²) in [6.45, 7) is 0. The van der Waals surface area contributed by atoms with Crippen LogP contribution in [0.2, 0.25) is 5.02 Å². The maximum Gasteiger partial charge on any atom is 0.266 e. The highest BCUT2D eigenvalue weighted by molar-refractivity contribution is 14.1. The van der Waals surface area contributed by atoms with Crippen LogP contribution in [0.15, 0.2) is 29.3 Å². The predicted octanol–water partition coefficient (Wildman–Crippen LogP) is 2.91. The molecule has 0 radical (unpaired) electrons. The molecule has 0 saturated carbocycles. The number of benzene rings is 1. The first-order valence-corrected chi connectivity index (χ1v) is 5.99. The SMILES string of the molecule is O=c1[nH]cnc(Nc2ccc(F)c(Cl)c2)c1I. The molecule has 7 heteroatoms. The summed E-state index contributed by atoms with van der Waals surface area (Å²) in [5, 5.41) is 2.90. The van der Waals surface area contributed by atoms with Crippen molar-refractivity contribution in [2.45, 2.75) is 0 Å². The van der Waals surface area contributed by atoms with E-state index >= 15 is 0 Å². The van der Waals surface area contributed by atoms with Gasteiger partial charge in [0.15, 0.2) is 5.82 Å². The molecule has 1 aromatic carbocycles. The van der Waals surface area contributed by atoms with E-state index in [0.717, 1.165) is 0 Å². The summed E-state index contributed by atoms with van der Waals surface area (Å²) in [6, 6.07) is 4.18. The van der Waals surface area contributed by atoms with Gasteiger partial charge in [-0.05, 0) is 40.8 Å². The van der Waals surface area contributed by atoms with Crippen LogP contribution in [0, 0.1) is 9.39 Å². The molecule has 88 valence electrons. The Labute approximate surface area is 114 Å². The van der Waals surface area contributed by atoms with Crippen molar-refractivity contribution in [1.82, 2.24) is 9.97 Å². The van der Waals surface area contributed by atoms with Crippen molar-refractivity contribution >= 4 is 45.7 Å². The first kappa shape index (κ1) is 12.3. The molecule has 0 amide bonds. The molecule has 0 bridgehead atoms. The molecular formula is C10H6ClFIN3O. The lowest BCUT2D eigenvalue weighted by atomic mass is 10.3. The largest absolute Gasteiger partial charge is 0.339 e. The van der Waals surface area contributed by atoms with Crippen molar-refractivity contribution in [3.63, 3.8) is 0 Å². The van der Waals surface area contributed by atoms with E-state index in [1.165, 1.54) is 24.5 Å². The highest BCUT2D eigenvalue weighted by atomic mass is 127. The third-order valence-corrected chi connectivity index (χ3v) is 3.27. The molecule has 0 saturated heterocycles. The van der Waals surface area contributed by atoms with E-state index in [0.29, 0.717) is 15.1 Å². The highest BCUT2D eigenvalue weighted by Crippen LogP contribution is 2.22. The number of nitrogens with zero attached hydrogens (tertiary/aromatic N) is 1. The molecule has 1 heterocycles. The summed E-state index contributed by atoms with van der Waals surface area (Å²) >= 11 is 7.52. The Morgan fingerprint density at radius 3 is 2.94 bits per heavy atom. The zero-order valence-electron chi connectivity index (χ0n) is 8.30. The number of aromatic nitrogens is 2. The lowest BCUT2D eigenvalue weighted by molar-refractivity contribution is 0.628. The molecule has 4 nitrogen and oxygen atoms in total. The Balaban J connectivity index is 2.35. The third kappa shape index (κ3) is 2.75. The minimum Gasteiger partial charge on any atom is -0.339 e. The van der Waals surface area contributed by atoms with Crippen LogP contribution in [0.4, 0.5) is 15.9 Å². The Bertz CT molecular complexity index is 617. The van der Waals surface area contributed by atoms with Gasteiger partial charge < -0.3 is 10.3 Å². The van der Waals surface area contributed by atoms with Crippen LogP contribution in [-0.2, 0) is 0 Å². The van der Waals surface area contributed by atoms with Gasteiger partial charge in [0.2, 0.25) is 0 Å². The molecule has 0 fully saturated rings. The van der Waals surface area contributed by atoms with Gasteiger partial charge in [0.25, 0.3) is 5.56 Å². The van der Waals surface area contributed by atoms with E-state index in [1.54, 1.807) is 0 Å². The van der Waals surface area contributed by atoms with Gasteiger partial charge in [0.1, 0.15) is 9.39 Å². The topological polar surface area (TPSA) is 57.8 Å². The van der Waals surface area contributed by atoms with Crippen LogP contribution in [-0.4, -0.2) is 9.97 Å². The lowest BCUT2D eigenvalue weighted by Gasteiger charge is -2.07. The van der Waals surface area contributed by atoms with Crippen LogP contribution in [0.3, 0.4) is 0 Å². The van der Waals surface area contributed by atoms with Crippen molar-refractivity contribution < 1.29 is 4.39 Å². The summed E-state index contributed by atoms with van der Waals surface area (Å²) in [7, 11) is 0. The fourth-order valence-electron chi connectivity index (χ4n) is 1.18. The molecule has 2 rings (SSSR count). The number of nitrogens with one attached hydrogen (secondary N) is 2. The van der Waals surface area contributed by atoms with Gasteiger partial charge in [-0.25, -0.2) is 9.37 Å². The standard InChI is InChI=1S/C10H6ClFIN3O/c11-6-3-5(1-2-7(6)12)16-9-8(13)10(17)15-4-14-9/h1-4H,(H2,14,15,16,17). The highest BCUT2D eigenvalue weighted by Gasteiger charge is 2.06. The molecule has 0 spiro atoms. The summed E-state index contributed by atoms with van der Waals surface area (Å²) in [5.74, 6) is -0.0946. The van der Waals surface area contributed by atoms with Gasteiger partial charge in [-0.15, -0.1) is 0 Å². The van der Waals surface area contributed by atoms with Gasteiger partial charge >= 0.3 is 0 Å². The minimum atomic E-state index is -0.495. The smallest absolute Gasteiger partial charge is 0.266 e. The first-order valence-electron chi connectivity index (χ1n) is 4.53. The summed E-state index contributed by atoms with van der Waals surface area (Å²) in [4.78, 5) is 17.7. The molecule has 0 aliphatic carbocycles. The summed E-state index contributed by atoms with van der Waals surface area (Å²) in [6.07, 6.45) is 1.29. The third-order valence-electron chi connectivity index (χ3n) is 1.98. The monoisotopic (exact) mass is 365 g/mol. The van der Waals surface area contributed by atoms with Crippen LogP contribution >= 0.6 is 34.2 Å². The molecule has 2 N–H and O–H groups in total. The molecule has 17 heavy (non-hydrogen) atoms. The quantitative estimate of drug-likeness (QED) is 0.805. The number of halogens is 3. The number of aromatic amines is 1. The summed E-state index contributed by atoms with van der Waals surface area (Å²) in [5.41, 5.74) is 0.323. The predicted molar refractivity (Wildman–Crippen MR) is 72.3 cm³/mol. The van der Waals surface area contributed by atoms with Crippen molar-refractivity contribution in [2.24, 2.45) is 0 Å². The van der Waals surface area contributed by atoms with Gasteiger partial charge in [0.05, 0.1) is 11.3 Å². The fourth-order valence-corrected chi connectivity index (χ4v) is 1.79. The molecule has 0 aliphatic heterocycles. The lowest BCUT2D eigenvalue weighted by Crippen LogP contribution is -2.12. The molecular weight excluding hydrogens is 359 g/mol. The van der Waals surface area contributed by atoms with E-state index in [-0.39, 0.29) is 10.6 Å². The van der Waals surface area contributed by atoms with Gasteiger partial charge in [-0.1, -0.05) is 11.6 Å². The second-order valence-corrected chi connectivity index (χ2v) is 4.63. The molecule has 0 atom stereocenters. The van der Waals surface area contributed by atoms with Gasteiger partial charge in [-0.3, -0.25) is 4.79 Å². The molecule has 1 aromatic heterocycles. The van der Waals surface area contributed by atoms with Crippen molar-refractivity contribution in [2.75, 3.05) is 5.32 Å². The molecule has 0 aliphatic rings. The normalized spacial score (nSPS) is 10.3. The second kappa shape index (κ2) is 5.01. The Morgan fingerprint density at radius 1 is 1.47 bits per heavy atom. The van der Waals surface area contributed by atoms with E-state index < -0.39 is 5.82 Å². The van der Waals surface area contributed by atoms with E-state index in [1.807, 2.05) is 22.6 Å². The van der Waals surface area contributed by atoms with Gasteiger partial charge in [-0.2, -0.15) is 0 Å². The van der Waals surface area contributed by atoms with Gasteiger partial charge in [0, 0.05) is 5.69 Å². The van der Waals surface area contributed by atoms with E-state index in [4.69, 9.17) is 11.6 Å². The Hall–Kier alpha value is -1.15. The van der Waals surface area contributed by atoms with Crippen molar-refractivity contribution in [3.05, 3.63) is 49.3 Å². The second-order valence-electron chi connectivity index (χ2n) is 3.15. The molecule has 2 aromatic rings. The van der Waals surface area contributed by atoms with Crippen molar-refractivity contribution in [1.29, 1.82) is 0 Å². The van der Waals surface area contributed by atoms with Crippen LogP contribution in [0.1, 0.15) is 0 Å². The van der Waals surface area contributed by atoms with Crippen LogP contribution in [0.5, 0.6) is 0 Å². The van der Waals surface area contributed by atoms with E-state index in [2.05, 4.69) is 15.3 Å². The number of anilines is 2. The fraction of sp³-hybridized carbons (Fsp3) is 0. The maximum atomic E-state index is 12.9. The maximum absolute atomic E-state index is 12.9. The Kier molecular flexibility index (Phi) is 3.63. The average molecular weight is 366 g/mol.